The zero-order valence-electron chi connectivity index (χ0n) is 12.8. The van der Waals surface area contributed by atoms with Gasteiger partial charge in [-0.25, -0.2) is 23.2 Å². The Hall–Kier alpha value is -2.00. The minimum absolute atomic E-state index is 0.0422. The van der Waals surface area contributed by atoms with Crippen molar-refractivity contribution in [3.63, 3.8) is 0 Å². The van der Waals surface area contributed by atoms with Crippen LogP contribution in [0.4, 0.5) is 0 Å². The number of rotatable bonds is 5. The van der Waals surface area contributed by atoms with E-state index in [9.17, 15) is 13.2 Å². The predicted molar refractivity (Wildman–Crippen MR) is 82.2 cm³/mol. The topological polar surface area (TPSA) is 118 Å². The van der Waals surface area contributed by atoms with Crippen LogP contribution in [0.3, 0.4) is 0 Å². The molecule has 0 bridgehead atoms. The van der Waals surface area contributed by atoms with Crippen molar-refractivity contribution in [1.29, 1.82) is 0 Å². The summed E-state index contributed by atoms with van der Waals surface area (Å²) in [5, 5.41) is 6.51. The van der Waals surface area contributed by atoms with E-state index in [1.807, 2.05) is 0 Å². The van der Waals surface area contributed by atoms with Gasteiger partial charge in [-0.3, -0.25) is 4.79 Å². The smallest absolute Gasteiger partial charge is 0.268 e. The highest BCUT2D eigenvalue weighted by Gasteiger charge is 2.20. The van der Waals surface area contributed by atoms with E-state index in [-0.39, 0.29) is 17.9 Å². The number of aromatic amines is 1. The van der Waals surface area contributed by atoms with Crippen LogP contribution in [0.25, 0.3) is 0 Å². The number of aryl methyl sites for hydroxylation is 2. The van der Waals surface area contributed by atoms with Crippen LogP contribution in [0.5, 0.6) is 0 Å². The van der Waals surface area contributed by atoms with Crippen LogP contribution in [0.2, 0.25) is 0 Å². The van der Waals surface area contributed by atoms with E-state index in [4.69, 9.17) is 4.42 Å². The third-order valence-corrected chi connectivity index (χ3v) is 5.25. The molecule has 0 radical (unpaired) electrons. The molecule has 9 heteroatoms. The van der Waals surface area contributed by atoms with Crippen molar-refractivity contribution in [3.8, 4) is 0 Å². The average molecular weight is 338 g/mol. The van der Waals surface area contributed by atoms with E-state index >= 15 is 0 Å². The summed E-state index contributed by atoms with van der Waals surface area (Å²) in [4.78, 5) is 15.9. The highest BCUT2D eigenvalue weighted by molar-refractivity contribution is 7.88. The maximum atomic E-state index is 12.2. The van der Waals surface area contributed by atoms with Gasteiger partial charge in [0.05, 0.1) is 11.4 Å². The Morgan fingerprint density at radius 1 is 1.35 bits per heavy atom. The second-order valence-corrected chi connectivity index (χ2v) is 7.41. The third kappa shape index (κ3) is 3.50. The molecule has 3 rings (SSSR count). The van der Waals surface area contributed by atoms with Crippen molar-refractivity contribution >= 4 is 10.0 Å². The van der Waals surface area contributed by atoms with Gasteiger partial charge < -0.3 is 4.42 Å². The minimum atomic E-state index is -3.61. The highest BCUT2D eigenvalue weighted by Crippen LogP contribution is 2.20. The van der Waals surface area contributed by atoms with Gasteiger partial charge in [-0.1, -0.05) is 0 Å². The molecule has 0 aromatic carbocycles. The molecule has 8 nitrogen and oxygen atoms in total. The van der Waals surface area contributed by atoms with Gasteiger partial charge >= 0.3 is 0 Å². The van der Waals surface area contributed by atoms with Gasteiger partial charge in [0, 0.05) is 12.1 Å². The summed E-state index contributed by atoms with van der Waals surface area (Å²) in [6, 6.07) is 0. The van der Waals surface area contributed by atoms with Crippen LogP contribution >= 0.6 is 0 Å². The molecule has 0 fully saturated rings. The van der Waals surface area contributed by atoms with Crippen LogP contribution in [0.1, 0.15) is 41.1 Å². The molecule has 0 aliphatic heterocycles. The minimum Gasteiger partial charge on any atom is -0.448 e. The van der Waals surface area contributed by atoms with Crippen molar-refractivity contribution in [2.75, 3.05) is 0 Å². The van der Waals surface area contributed by atoms with Crippen LogP contribution in [0.15, 0.2) is 15.6 Å². The summed E-state index contributed by atoms with van der Waals surface area (Å²) in [5.74, 6) is 0.190. The molecule has 1 aliphatic carbocycles. The second-order valence-electron chi connectivity index (χ2n) is 5.60. The van der Waals surface area contributed by atoms with E-state index in [1.165, 1.54) is 6.39 Å². The molecule has 0 saturated carbocycles. The summed E-state index contributed by atoms with van der Waals surface area (Å²) in [5.41, 5.74) is 2.21. The molecule has 124 valence electrons. The van der Waals surface area contributed by atoms with Crippen molar-refractivity contribution in [2.24, 2.45) is 0 Å². The molecular formula is C14H18N4O4S. The molecule has 0 unspecified atom stereocenters. The van der Waals surface area contributed by atoms with Crippen LogP contribution in [0, 0.1) is 6.92 Å². The lowest BCUT2D eigenvalue weighted by Gasteiger charge is -2.17. The maximum Gasteiger partial charge on any atom is 0.268 e. The monoisotopic (exact) mass is 338 g/mol. The molecular weight excluding hydrogens is 320 g/mol. The first kappa shape index (κ1) is 15.9. The number of hydrogen-bond acceptors (Lipinski definition) is 6. The van der Waals surface area contributed by atoms with Crippen molar-refractivity contribution in [1.82, 2.24) is 19.9 Å². The lowest BCUT2D eigenvalue weighted by atomic mass is 9.93. The SMILES string of the molecule is Cc1ocnc1CS(=O)(=O)NCc1c2c(n[nH]c1=O)CCCC2. The van der Waals surface area contributed by atoms with Gasteiger partial charge in [0.1, 0.15) is 11.5 Å². The summed E-state index contributed by atoms with van der Waals surface area (Å²) >= 11 is 0. The van der Waals surface area contributed by atoms with Crippen LogP contribution < -0.4 is 10.3 Å². The standard InChI is InChI=1S/C14H18N4O4S/c1-9-13(15-8-22-9)7-23(20,21)16-6-11-10-4-2-3-5-12(10)17-18-14(11)19/h8,16H,2-7H2,1H3,(H,18,19). The average Bonchev–Trinajstić information content (AvgIpc) is 2.91. The van der Waals surface area contributed by atoms with Crippen molar-refractivity contribution < 1.29 is 12.8 Å². The Morgan fingerprint density at radius 3 is 2.87 bits per heavy atom. The summed E-state index contributed by atoms with van der Waals surface area (Å²) in [6.07, 6.45) is 4.79. The maximum absolute atomic E-state index is 12.2. The number of oxazole rings is 1. The number of sulfonamides is 1. The van der Waals surface area contributed by atoms with E-state index in [0.717, 1.165) is 36.9 Å². The largest absolute Gasteiger partial charge is 0.448 e. The molecule has 2 aromatic rings. The number of nitrogens with zero attached hydrogens (tertiary/aromatic N) is 2. The lowest BCUT2D eigenvalue weighted by molar-refractivity contribution is 0.524. The Labute approximate surface area is 133 Å². The van der Waals surface area contributed by atoms with Gasteiger partial charge in [0.2, 0.25) is 10.0 Å². The van der Waals surface area contributed by atoms with Crippen molar-refractivity contribution in [2.45, 2.75) is 44.9 Å². The van der Waals surface area contributed by atoms with Gasteiger partial charge in [-0.05, 0) is 38.2 Å². The number of hydrogen-bond donors (Lipinski definition) is 2. The summed E-state index contributed by atoms with van der Waals surface area (Å²) in [6.45, 7) is 1.61. The molecule has 1 aliphatic rings. The number of H-pyrrole nitrogens is 1. The molecule has 2 N–H and O–H groups in total. The van der Waals surface area contributed by atoms with Gasteiger partial charge in [-0.2, -0.15) is 5.10 Å². The van der Waals surface area contributed by atoms with Crippen LogP contribution in [-0.4, -0.2) is 23.6 Å². The fraction of sp³-hybridized carbons (Fsp3) is 0.500. The molecule has 23 heavy (non-hydrogen) atoms. The molecule has 0 saturated heterocycles. The number of nitrogens with one attached hydrogen (secondary N) is 2. The fourth-order valence-electron chi connectivity index (χ4n) is 2.73. The molecule has 2 heterocycles. The number of aromatic nitrogens is 3. The van der Waals surface area contributed by atoms with Gasteiger partial charge in [-0.15, -0.1) is 0 Å². The van der Waals surface area contributed by atoms with Crippen LogP contribution in [-0.2, 0) is 35.2 Å². The Morgan fingerprint density at radius 2 is 2.13 bits per heavy atom. The van der Waals surface area contributed by atoms with Gasteiger partial charge in [0.25, 0.3) is 5.56 Å². The number of fused-ring (bicyclic) bond motifs is 1. The molecule has 0 atom stereocenters. The zero-order chi connectivity index (χ0) is 16.4. The third-order valence-electron chi connectivity index (χ3n) is 4.01. The van der Waals surface area contributed by atoms with Crippen molar-refractivity contribution in [3.05, 3.63) is 45.0 Å². The Bertz CT molecular complexity index is 869. The van der Waals surface area contributed by atoms with Gasteiger partial charge in [0.15, 0.2) is 6.39 Å². The van der Waals surface area contributed by atoms with E-state index in [0.29, 0.717) is 17.0 Å². The van der Waals surface area contributed by atoms with E-state index in [2.05, 4.69) is 19.9 Å². The second kappa shape index (κ2) is 6.25. The first-order chi connectivity index (χ1) is 11.0. The summed E-state index contributed by atoms with van der Waals surface area (Å²) in [7, 11) is -3.61. The fourth-order valence-corrected chi connectivity index (χ4v) is 3.83. The Kier molecular flexibility index (Phi) is 4.31. The molecule has 0 spiro atoms. The summed E-state index contributed by atoms with van der Waals surface area (Å²) < 4.78 is 31.8. The molecule has 2 aromatic heterocycles. The normalized spacial score (nSPS) is 14.7. The first-order valence-corrected chi connectivity index (χ1v) is 9.07. The lowest BCUT2D eigenvalue weighted by Crippen LogP contribution is -2.31. The van der Waals surface area contributed by atoms with E-state index in [1.54, 1.807) is 6.92 Å². The van der Waals surface area contributed by atoms with E-state index < -0.39 is 10.0 Å². The predicted octanol–water partition coefficient (Wildman–Crippen LogP) is 0.565. The Balaban J connectivity index is 1.78. The molecule has 0 amide bonds. The quantitative estimate of drug-likeness (QED) is 0.822. The zero-order valence-corrected chi connectivity index (χ0v) is 13.6. The first-order valence-electron chi connectivity index (χ1n) is 7.42. The highest BCUT2D eigenvalue weighted by atomic mass is 32.2.